The standard InChI is InChI=1S/C9H7.C6H13NO.C2H7Si.2ClH.Ti/c1-2-5-9-7-3-6-8(9)4-1;1-2-3-4-5-6(7)8;1-3-2;;;/h1-7H;2-5H2,1H3,(H2,7,8);3H,1-2H3;2*1H;/q;;;;;+3/p-3. The zero-order valence-corrected chi connectivity index (χ0v) is 18.3. The van der Waals surface area contributed by atoms with E-state index < -0.39 is 24.0 Å². The summed E-state index contributed by atoms with van der Waals surface area (Å²) in [6.45, 7) is 6.17. The van der Waals surface area contributed by atoms with E-state index in [-0.39, 0.29) is 24.8 Å². The number of carbonyl (C=O) groups excluding carboxylic acids is 1. The van der Waals surface area contributed by atoms with Gasteiger partial charge in [-0.05, 0) is 0 Å². The predicted octanol–water partition coefficient (Wildman–Crippen LogP) is -2.02. The number of halogens is 2. The van der Waals surface area contributed by atoms with Gasteiger partial charge in [0.25, 0.3) is 0 Å². The van der Waals surface area contributed by atoms with Gasteiger partial charge in [0.2, 0.25) is 0 Å². The second-order valence-electron chi connectivity index (χ2n) is 6.08. The molecule has 0 bridgehead atoms. The molecule has 2 nitrogen and oxygen atoms in total. The van der Waals surface area contributed by atoms with Gasteiger partial charge < -0.3 is 24.8 Å². The fraction of sp³-hybridized carbons (Fsp3) is 0.471. The maximum Gasteiger partial charge on any atom is -1.00 e. The third kappa shape index (κ3) is 6.39. The van der Waals surface area contributed by atoms with Crippen molar-refractivity contribution in [3.8, 4) is 0 Å². The van der Waals surface area contributed by atoms with Crippen LogP contribution in [0.25, 0.3) is 6.08 Å². The minimum Gasteiger partial charge on any atom is -1.00 e. The van der Waals surface area contributed by atoms with Gasteiger partial charge in [-0.3, -0.25) is 0 Å². The first kappa shape index (κ1) is 22.9. The molecule has 1 N–H and O–H groups in total. The number of hydrogen-bond acceptors (Lipinski definition) is 1. The van der Waals surface area contributed by atoms with Crippen molar-refractivity contribution in [1.82, 2.24) is 3.80 Å². The zero-order valence-electron chi connectivity index (χ0n) is 14.1. The van der Waals surface area contributed by atoms with Gasteiger partial charge in [0.15, 0.2) is 0 Å². The molecule has 1 aliphatic rings. The molecule has 1 atom stereocenters. The van der Waals surface area contributed by atoms with Gasteiger partial charge in [-0.1, -0.05) is 0 Å². The molecule has 1 amide bonds. The summed E-state index contributed by atoms with van der Waals surface area (Å²) in [5.41, 5.74) is 2.80. The Hall–Kier alpha value is -0.0588. The first-order valence-corrected chi connectivity index (χ1v) is 15.3. The fourth-order valence-corrected chi connectivity index (χ4v) is 12.8. The molecular formula is C17H26Cl2NOSiTi. The number of amides is 1. The molecule has 1 aromatic rings. The van der Waals surface area contributed by atoms with Gasteiger partial charge in [0.05, 0.1) is 0 Å². The van der Waals surface area contributed by atoms with Crippen molar-refractivity contribution < 1.29 is 47.0 Å². The Kier molecular flexibility index (Phi) is 11.5. The van der Waals surface area contributed by atoms with E-state index in [2.05, 4.69) is 60.2 Å². The van der Waals surface area contributed by atoms with Crippen molar-refractivity contribution >= 4 is 18.6 Å². The van der Waals surface area contributed by atoms with Crippen molar-refractivity contribution in [2.75, 3.05) is 0 Å². The molecule has 1 unspecified atom stereocenters. The molecule has 0 saturated heterocycles. The minimum absolute atomic E-state index is 0. The van der Waals surface area contributed by atoms with Crippen molar-refractivity contribution in [2.45, 2.75) is 49.9 Å². The molecule has 0 saturated carbocycles. The first-order chi connectivity index (χ1) is 10.1. The zero-order chi connectivity index (χ0) is 15.2. The summed E-state index contributed by atoms with van der Waals surface area (Å²) >= 11 is -1.57. The Morgan fingerprint density at radius 1 is 1.22 bits per heavy atom. The molecule has 127 valence electrons. The summed E-state index contributed by atoms with van der Waals surface area (Å²) < 4.78 is 4.03. The molecule has 2 rings (SSSR count). The van der Waals surface area contributed by atoms with E-state index in [1.165, 1.54) is 17.5 Å². The SMILES string of the molecule is CCCCCC(=O)[NH][Ti+2]([CH]1C=Cc2ccccc21)[SiH](C)C.[Cl-].[Cl-]. The van der Waals surface area contributed by atoms with Crippen LogP contribution in [0.1, 0.15) is 48.0 Å². The molecule has 1 aliphatic carbocycles. The van der Waals surface area contributed by atoms with Gasteiger partial charge in [-0.2, -0.15) is 0 Å². The van der Waals surface area contributed by atoms with Crippen molar-refractivity contribution in [3.63, 3.8) is 0 Å². The number of carbonyl (C=O) groups is 1. The smallest absolute Gasteiger partial charge is 1.00 e. The maximum atomic E-state index is 12.2. The van der Waals surface area contributed by atoms with Gasteiger partial charge in [-0.15, -0.1) is 0 Å². The van der Waals surface area contributed by atoms with Crippen molar-refractivity contribution in [3.05, 3.63) is 41.5 Å². The van der Waals surface area contributed by atoms with E-state index in [1.807, 2.05) is 0 Å². The summed E-state index contributed by atoms with van der Waals surface area (Å²) in [6, 6.07) is 8.65. The van der Waals surface area contributed by atoms with Crippen LogP contribution in [-0.2, 0) is 22.2 Å². The topological polar surface area (TPSA) is 29.1 Å². The van der Waals surface area contributed by atoms with Crippen LogP contribution >= 0.6 is 0 Å². The molecule has 0 heterocycles. The van der Waals surface area contributed by atoms with E-state index in [1.54, 1.807) is 0 Å². The summed E-state index contributed by atoms with van der Waals surface area (Å²) in [7, 11) is 0. The van der Waals surface area contributed by atoms with Crippen LogP contribution in [0.4, 0.5) is 0 Å². The van der Waals surface area contributed by atoms with E-state index in [0.29, 0.717) is 16.6 Å². The molecule has 0 aliphatic heterocycles. The molecule has 0 fully saturated rings. The molecule has 1 aromatic carbocycles. The van der Waals surface area contributed by atoms with Crippen LogP contribution in [0.2, 0.25) is 13.1 Å². The van der Waals surface area contributed by atoms with E-state index in [4.69, 9.17) is 0 Å². The van der Waals surface area contributed by atoms with E-state index in [9.17, 15) is 4.79 Å². The normalized spacial score (nSPS) is 14.7. The van der Waals surface area contributed by atoms with Crippen LogP contribution in [0.5, 0.6) is 0 Å². The molecule has 0 aromatic heterocycles. The number of rotatable bonds is 7. The molecule has 0 radical (unpaired) electrons. The van der Waals surface area contributed by atoms with Crippen LogP contribution in [-0.4, -0.2) is 12.6 Å². The summed E-state index contributed by atoms with van der Waals surface area (Å²) in [4.78, 5) is 12.2. The Labute approximate surface area is 160 Å². The number of benzene rings is 1. The van der Waals surface area contributed by atoms with Crippen molar-refractivity contribution in [1.29, 1.82) is 0 Å². The van der Waals surface area contributed by atoms with Crippen LogP contribution in [0.3, 0.4) is 0 Å². The first-order valence-electron chi connectivity index (χ1n) is 8.07. The van der Waals surface area contributed by atoms with Crippen LogP contribution in [0.15, 0.2) is 30.3 Å². The molecule has 23 heavy (non-hydrogen) atoms. The molecule has 0 spiro atoms. The average Bonchev–Trinajstić information content (AvgIpc) is 2.88. The van der Waals surface area contributed by atoms with Crippen molar-refractivity contribution in [2.24, 2.45) is 0 Å². The average molecular weight is 407 g/mol. The number of unbranched alkanes of at least 4 members (excludes halogenated alkanes) is 2. The largest absolute Gasteiger partial charge is 1.00 e. The van der Waals surface area contributed by atoms with Gasteiger partial charge >= 0.3 is 136 Å². The second-order valence-corrected chi connectivity index (χ2v) is 19.1. The quantitative estimate of drug-likeness (QED) is 0.411. The Balaban J connectivity index is 0.00000242. The molecule has 6 heteroatoms. The Morgan fingerprint density at radius 3 is 2.57 bits per heavy atom. The number of hydrogen-bond donors (Lipinski definition) is 1. The monoisotopic (exact) mass is 406 g/mol. The molecular weight excluding hydrogens is 381 g/mol. The van der Waals surface area contributed by atoms with Gasteiger partial charge in [-0.25, -0.2) is 0 Å². The number of nitrogens with one attached hydrogen (secondary N) is 1. The van der Waals surface area contributed by atoms with Gasteiger partial charge in [0, 0.05) is 0 Å². The third-order valence-corrected chi connectivity index (χ3v) is 15.9. The van der Waals surface area contributed by atoms with Crippen LogP contribution < -0.4 is 28.6 Å². The Morgan fingerprint density at radius 2 is 1.91 bits per heavy atom. The predicted molar refractivity (Wildman–Crippen MR) is 89.4 cm³/mol. The van der Waals surface area contributed by atoms with E-state index >= 15 is 0 Å². The van der Waals surface area contributed by atoms with E-state index in [0.717, 1.165) is 12.8 Å². The summed E-state index contributed by atoms with van der Waals surface area (Å²) in [5.74, 6) is 0.303. The minimum atomic E-state index is -1.57. The fourth-order valence-electron chi connectivity index (χ4n) is 2.86. The summed E-state index contributed by atoms with van der Waals surface area (Å²) in [6.07, 6.45) is 8.67. The number of fused-ring (bicyclic) bond motifs is 1. The second kappa shape index (κ2) is 11.5. The maximum absolute atomic E-state index is 12.2. The van der Waals surface area contributed by atoms with Gasteiger partial charge in [0.1, 0.15) is 0 Å². The van der Waals surface area contributed by atoms with Crippen LogP contribution in [0, 0.1) is 0 Å². The Bertz CT molecular complexity index is 525. The number of allylic oxidation sites excluding steroid dienone is 1. The summed E-state index contributed by atoms with van der Waals surface area (Å²) in [5, 5.41) is 0. The third-order valence-electron chi connectivity index (χ3n) is 4.05.